The van der Waals surface area contributed by atoms with Crippen molar-refractivity contribution in [1.82, 2.24) is 5.43 Å². The molecule has 0 aromatic heterocycles. The number of fused-ring (bicyclic) bond motifs is 1. The second-order valence-corrected chi connectivity index (χ2v) is 8.17. The first-order valence-corrected chi connectivity index (χ1v) is 9.25. The minimum Gasteiger partial charge on any atom is -0.454 e. The van der Waals surface area contributed by atoms with Crippen LogP contribution >= 0.6 is 0 Å². The molecular formula is C22H24N2O3. The second kappa shape index (κ2) is 6.72. The third-order valence-electron chi connectivity index (χ3n) is 5.12. The van der Waals surface area contributed by atoms with Gasteiger partial charge in [-0.2, -0.15) is 5.10 Å². The summed E-state index contributed by atoms with van der Waals surface area (Å²) in [6.07, 6.45) is 2.50. The number of carbonyl (C=O) groups is 1. The van der Waals surface area contributed by atoms with E-state index in [1.807, 2.05) is 18.2 Å². The highest BCUT2D eigenvalue weighted by molar-refractivity contribution is 5.86. The van der Waals surface area contributed by atoms with E-state index in [1.54, 1.807) is 6.21 Å². The van der Waals surface area contributed by atoms with Gasteiger partial charge in [0.05, 0.1) is 6.21 Å². The average molecular weight is 364 g/mol. The van der Waals surface area contributed by atoms with E-state index in [0.717, 1.165) is 17.7 Å². The molecule has 1 amide bonds. The minimum absolute atomic E-state index is 0.000564. The highest BCUT2D eigenvalue weighted by atomic mass is 16.7. The van der Waals surface area contributed by atoms with E-state index in [4.69, 9.17) is 9.47 Å². The van der Waals surface area contributed by atoms with Crippen molar-refractivity contribution in [2.24, 2.45) is 11.0 Å². The number of nitrogens with one attached hydrogen (secondary N) is 1. The molecule has 140 valence electrons. The highest BCUT2D eigenvalue weighted by Crippen LogP contribution is 2.47. The van der Waals surface area contributed by atoms with Crippen LogP contribution in [0.4, 0.5) is 0 Å². The molecule has 2 aliphatic rings. The molecule has 0 bridgehead atoms. The zero-order valence-corrected chi connectivity index (χ0v) is 15.9. The molecule has 2 atom stereocenters. The van der Waals surface area contributed by atoms with Crippen LogP contribution in [0.25, 0.3) is 0 Å². The summed E-state index contributed by atoms with van der Waals surface area (Å²) in [5.41, 5.74) is 6.18. The molecule has 5 nitrogen and oxygen atoms in total. The first kappa shape index (κ1) is 17.6. The Bertz CT molecular complexity index is 881. The summed E-state index contributed by atoms with van der Waals surface area (Å²) in [6, 6.07) is 14.2. The van der Waals surface area contributed by atoms with Gasteiger partial charge in [0.1, 0.15) is 0 Å². The molecule has 1 heterocycles. The molecule has 4 rings (SSSR count). The average Bonchev–Trinajstić information content (AvgIpc) is 3.31. The Morgan fingerprint density at radius 3 is 2.59 bits per heavy atom. The quantitative estimate of drug-likeness (QED) is 0.660. The van der Waals surface area contributed by atoms with Crippen LogP contribution in [0.2, 0.25) is 0 Å². The molecule has 2 aromatic carbocycles. The summed E-state index contributed by atoms with van der Waals surface area (Å²) in [5.74, 6) is 1.69. The van der Waals surface area contributed by atoms with Gasteiger partial charge in [-0.3, -0.25) is 4.79 Å². The number of hydrogen-bond donors (Lipinski definition) is 1. The third-order valence-corrected chi connectivity index (χ3v) is 5.12. The van der Waals surface area contributed by atoms with Gasteiger partial charge in [0.2, 0.25) is 12.7 Å². The number of ether oxygens (including phenoxy) is 2. The predicted octanol–water partition coefficient (Wildman–Crippen LogP) is 3.97. The minimum atomic E-state index is -0.0307. The van der Waals surface area contributed by atoms with Crippen LogP contribution in [-0.2, 0) is 10.2 Å². The molecule has 0 radical (unpaired) electrons. The van der Waals surface area contributed by atoms with E-state index >= 15 is 0 Å². The van der Waals surface area contributed by atoms with Crippen molar-refractivity contribution in [1.29, 1.82) is 0 Å². The van der Waals surface area contributed by atoms with Gasteiger partial charge >= 0.3 is 0 Å². The van der Waals surface area contributed by atoms with Crippen LogP contribution in [0, 0.1) is 5.92 Å². The molecule has 0 saturated heterocycles. The lowest BCUT2D eigenvalue weighted by molar-refractivity contribution is -0.122. The molecule has 1 N–H and O–H groups in total. The number of rotatable bonds is 4. The Labute approximate surface area is 159 Å². The number of nitrogens with zero attached hydrogens (tertiary/aromatic N) is 1. The van der Waals surface area contributed by atoms with E-state index in [0.29, 0.717) is 11.7 Å². The molecule has 0 spiro atoms. The normalized spacial score (nSPS) is 20.7. The Balaban J connectivity index is 1.32. The summed E-state index contributed by atoms with van der Waals surface area (Å²) >= 11 is 0. The Morgan fingerprint density at radius 2 is 1.85 bits per heavy atom. The summed E-state index contributed by atoms with van der Waals surface area (Å²) < 4.78 is 10.6. The van der Waals surface area contributed by atoms with E-state index in [-0.39, 0.29) is 24.0 Å². The fourth-order valence-corrected chi connectivity index (χ4v) is 3.33. The van der Waals surface area contributed by atoms with Crippen LogP contribution in [0.5, 0.6) is 11.5 Å². The molecule has 1 fully saturated rings. The lowest BCUT2D eigenvalue weighted by atomic mass is 9.86. The summed E-state index contributed by atoms with van der Waals surface area (Å²) in [6.45, 7) is 6.85. The predicted molar refractivity (Wildman–Crippen MR) is 104 cm³/mol. The van der Waals surface area contributed by atoms with Crippen molar-refractivity contribution in [2.75, 3.05) is 6.79 Å². The van der Waals surface area contributed by atoms with Crippen LogP contribution in [0.15, 0.2) is 47.6 Å². The van der Waals surface area contributed by atoms with E-state index in [2.05, 4.69) is 55.6 Å². The lowest BCUT2D eigenvalue weighted by Crippen LogP contribution is -2.20. The number of hydrogen-bond acceptors (Lipinski definition) is 4. The highest BCUT2D eigenvalue weighted by Gasteiger charge is 2.44. The van der Waals surface area contributed by atoms with Crippen LogP contribution < -0.4 is 14.9 Å². The molecule has 0 unspecified atom stereocenters. The monoisotopic (exact) mass is 364 g/mol. The van der Waals surface area contributed by atoms with E-state index < -0.39 is 0 Å². The lowest BCUT2D eigenvalue weighted by Gasteiger charge is -2.19. The van der Waals surface area contributed by atoms with Gasteiger partial charge in [0.25, 0.3) is 0 Å². The second-order valence-electron chi connectivity index (χ2n) is 8.17. The van der Waals surface area contributed by atoms with Crippen LogP contribution in [0.3, 0.4) is 0 Å². The number of amides is 1. The fraction of sp³-hybridized carbons (Fsp3) is 0.364. The molecular weight excluding hydrogens is 340 g/mol. The standard InChI is InChI=1S/C22H24N2O3/c1-22(2,3)16-7-5-15(6-8-16)17-11-18(17)21(25)24-23-12-14-4-9-19-20(10-14)27-13-26-19/h4-10,12,17-18H,11,13H2,1-3H3,(H,24,25)/b23-12+/t17-,18+/m0/s1. The summed E-state index contributed by atoms with van der Waals surface area (Å²) in [7, 11) is 0. The van der Waals surface area contributed by atoms with Crippen LogP contribution in [-0.4, -0.2) is 18.9 Å². The molecule has 2 aromatic rings. The molecule has 27 heavy (non-hydrogen) atoms. The van der Waals surface area contributed by atoms with Gasteiger partial charge in [0.15, 0.2) is 11.5 Å². The number of benzene rings is 2. The van der Waals surface area contributed by atoms with Gasteiger partial charge in [-0.15, -0.1) is 0 Å². The van der Waals surface area contributed by atoms with Crippen LogP contribution in [0.1, 0.15) is 49.8 Å². The van der Waals surface area contributed by atoms with E-state index in [9.17, 15) is 4.79 Å². The first-order chi connectivity index (χ1) is 12.9. The van der Waals surface area contributed by atoms with Crippen molar-refractivity contribution in [2.45, 2.75) is 38.5 Å². The zero-order valence-electron chi connectivity index (χ0n) is 15.9. The Hall–Kier alpha value is -2.82. The zero-order chi connectivity index (χ0) is 19.0. The maximum absolute atomic E-state index is 12.3. The SMILES string of the molecule is CC(C)(C)c1ccc([C@@H]2C[C@H]2C(=O)N/N=C/c2ccc3c(c2)OCO3)cc1. The van der Waals surface area contributed by atoms with Crippen molar-refractivity contribution < 1.29 is 14.3 Å². The first-order valence-electron chi connectivity index (χ1n) is 9.25. The van der Waals surface area contributed by atoms with E-state index in [1.165, 1.54) is 11.1 Å². The maximum Gasteiger partial charge on any atom is 0.243 e. The van der Waals surface area contributed by atoms with Gasteiger partial charge < -0.3 is 9.47 Å². The van der Waals surface area contributed by atoms with Crippen molar-refractivity contribution >= 4 is 12.1 Å². The van der Waals surface area contributed by atoms with Gasteiger partial charge in [-0.05, 0) is 52.6 Å². The van der Waals surface area contributed by atoms with Gasteiger partial charge in [0, 0.05) is 5.92 Å². The number of hydrazone groups is 1. The molecule has 1 aliphatic heterocycles. The molecule has 1 aliphatic carbocycles. The number of carbonyl (C=O) groups excluding carboxylic acids is 1. The largest absolute Gasteiger partial charge is 0.454 e. The smallest absolute Gasteiger partial charge is 0.243 e. The van der Waals surface area contributed by atoms with Crippen molar-refractivity contribution in [3.05, 3.63) is 59.2 Å². The summed E-state index contributed by atoms with van der Waals surface area (Å²) in [5, 5.41) is 4.08. The third kappa shape index (κ3) is 3.82. The topological polar surface area (TPSA) is 59.9 Å². The van der Waals surface area contributed by atoms with Gasteiger partial charge in [-0.1, -0.05) is 45.0 Å². The van der Waals surface area contributed by atoms with Crippen molar-refractivity contribution in [3.63, 3.8) is 0 Å². The summed E-state index contributed by atoms with van der Waals surface area (Å²) in [4.78, 5) is 12.3. The fourth-order valence-electron chi connectivity index (χ4n) is 3.33. The van der Waals surface area contributed by atoms with Crippen molar-refractivity contribution in [3.8, 4) is 11.5 Å². The Morgan fingerprint density at radius 1 is 1.11 bits per heavy atom. The molecule has 5 heteroatoms. The Kier molecular flexibility index (Phi) is 4.38. The molecule has 1 saturated carbocycles. The maximum atomic E-state index is 12.3. The van der Waals surface area contributed by atoms with Gasteiger partial charge in [-0.25, -0.2) is 5.43 Å².